The highest BCUT2D eigenvalue weighted by atomic mass is 16.3. The highest BCUT2D eigenvalue weighted by Gasteiger charge is 2.11. The van der Waals surface area contributed by atoms with E-state index in [4.69, 9.17) is 0 Å². The van der Waals surface area contributed by atoms with E-state index in [0.717, 1.165) is 5.56 Å². The largest absolute Gasteiger partial charge is 0.385 e. The van der Waals surface area contributed by atoms with Crippen LogP contribution in [0.2, 0.25) is 0 Å². The Hall–Kier alpha value is -1.61. The number of aliphatic hydroxyl groups excluding tert-OH is 1. The van der Waals surface area contributed by atoms with Gasteiger partial charge in [-0.1, -0.05) is 24.3 Å². The van der Waals surface area contributed by atoms with Crippen LogP contribution in [-0.2, 0) is 6.42 Å². The van der Waals surface area contributed by atoms with Crippen LogP contribution in [0.5, 0.6) is 0 Å². The third-order valence-electron chi connectivity index (χ3n) is 2.51. The molecule has 1 atom stereocenters. The number of nitrogens with zero attached hydrogens (tertiary/aromatic N) is 1. The number of benzene rings is 1. The molecule has 78 valence electrons. The lowest BCUT2D eigenvalue weighted by Crippen LogP contribution is -2.04. The average Bonchev–Trinajstić information content (AvgIpc) is 2.74. The number of hydrogen-bond acceptors (Lipinski definition) is 2. The minimum atomic E-state index is -0.555. The Morgan fingerprint density at radius 2 is 2.20 bits per heavy atom. The predicted octanol–water partition coefficient (Wildman–Crippen LogP) is 1.99. The molecule has 15 heavy (non-hydrogen) atoms. The molecule has 3 nitrogen and oxygen atoms in total. The van der Waals surface area contributed by atoms with Gasteiger partial charge in [0.05, 0.1) is 0 Å². The van der Waals surface area contributed by atoms with Crippen molar-refractivity contribution < 1.29 is 5.11 Å². The Balaban J connectivity index is 2.13. The molecule has 1 aromatic heterocycles. The number of aryl methyl sites for hydroxylation is 1. The minimum absolute atomic E-state index is 0.555. The lowest BCUT2D eigenvalue weighted by molar-refractivity contribution is 0.169. The van der Waals surface area contributed by atoms with Crippen LogP contribution in [0.15, 0.2) is 36.7 Å². The van der Waals surface area contributed by atoms with Gasteiger partial charge in [-0.15, -0.1) is 0 Å². The molecule has 0 saturated carbocycles. The van der Waals surface area contributed by atoms with Gasteiger partial charge in [0.15, 0.2) is 0 Å². The van der Waals surface area contributed by atoms with Crippen molar-refractivity contribution >= 4 is 0 Å². The lowest BCUT2D eigenvalue weighted by Gasteiger charge is -2.09. The molecule has 0 amide bonds. The van der Waals surface area contributed by atoms with E-state index >= 15 is 0 Å². The molecule has 1 aromatic carbocycles. The first-order valence-electron chi connectivity index (χ1n) is 4.99. The molecule has 2 N–H and O–H groups in total. The van der Waals surface area contributed by atoms with E-state index in [-0.39, 0.29) is 0 Å². The molecule has 0 saturated heterocycles. The van der Waals surface area contributed by atoms with Crippen molar-refractivity contribution in [2.75, 3.05) is 0 Å². The van der Waals surface area contributed by atoms with Crippen molar-refractivity contribution in [2.24, 2.45) is 0 Å². The van der Waals surface area contributed by atoms with Crippen molar-refractivity contribution in [2.45, 2.75) is 19.4 Å². The van der Waals surface area contributed by atoms with E-state index in [1.165, 1.54) is 5.56 Å². The fourth-order valence-corrected chi connectivity index (χ4v) is 1.60. The van der Waals surface area contributed by atoms with Gasteiger partial charge in [0, 0.05) is 18.8 Å². The molecule has 0 spiro atoms. The Bertz CT molecular complexity index is 423. The molecule has 1 heterocycles. The Kier molecular flexibility index (Phi) is 2.83. The number of aromatic amines is 1. The van der Waals surface area contributed by atoms with Crippen molar-refractivity contribution in [3.63, 3.8) is 0 Å². The first kappa shape index (κ1) is 9.93. The standard InChI is InChI=1S/C12H14N2O/c1-9-4-2-3-5-10(9)8-11(15)12-13-6-7-14-12/h2-7,11,15H,8H2,1H3,(H,13,14). The van der Waals surface area contributed by atoms with E-state index < -0.39 is 6.10 Å². The molecule has 0 radical (unpaired) electrons. The summed E-state index contributed by atoms with van der Waals surface area (Å²) in [5.74, 6) is 0.623. The highest BCUT2D eigenvalue weighted by molar-refractivity contribution is 5.26. The Morgan fingerprint density at radius 1 is 1.40 bits per heavy atom. The fourth-order valence-electron chi connectivity index (χ4n) is 1.60. The van der Waals surface area contributed by atoms with E-state index in [1.54, 1.807) is 12.4 Å². The summed E-state index contributed by atoms with van der Waals surface area (Å²) in [6, 6.07) is 8.06. The van der Waals surface area contributed by atoms with Crippen molar-refractivity contribution in [3.05, 3.63) is 53.6 Å². The van der Waals surface area contributed by atoms with Crippen LogP contribution in [0, 0.1) is 6.92 Å². The fraction of sp³-hybridized carbons (Fsp3) is 0.250. The number of imidazole rings is 1. The molecule has 1 unspecified atom stereocenters. The summed E-state index contributed by atoms with van der Waals surface area (Å²) in [6.45, 7) is 2.05. The molecule has 3 heteroatoms. The van der Waals surface area contributed by atoms with Gasteiger partial charge in [-0.3, -0.25) is 0 Å². The summed E-state index contributed by atoms with van der Waals surface area (Å²) in [4.78, 5) is 6.95. The first-order valence-corrected chi connectivity index (χ1v) is 4.99. The lowest BCUT2D eigenvalue weighted by atomic mass is 10.0. The second-order valence-electron chi connectivity index (χ2n) is 3.62. The zero-order valence-electron chi connectivity index (χ0n) is 8.64. The van der Waals surface area contributed by atoms with Gasteiger partial charge in [-0.25, -0.2) is 4.98 Å². The van der Waals surface area contributed by atoms with Crippen LogP contribution < -0.4 is 0 Å². The minimum Gasteiger partial charge on any atom is -0.385 e. The third kappa shape index (κ3) is 2.25. The van der Waals surface area contributed by atoms with Crippen molar-refractivity contribution in [3.8, 4) is 0 Å². The van der Waals surface area contributed by atoms with E-state index in [9.17, 15) is 5.11 Å². The number of aromatic nitrogens is 2. The molecule has 2 aromatic rings. The summed E-state index contributed by atoms with van der Waals surface area (Å²) < 4.78 is 0. The first-order chi connectivity index (χ1) is 7.27. The smallest absolute Gasteiger partial charge is 0.135 e. The van der Waals surface area contributed by atoms with Gasteiger partial charge in [0.1, 0.15) is 11.9 Å². The van der Waals surface area contributed by atoms with Crippen LogP contribution in [-0.4, -0.2) is 15.1 Å². The predicted molar refractivity (Wildman–Crippen MR) is 58.4 cm³/mol. The SMILES string of the molecule is Cc1ccccc1CC(O)c1ncc[nH]1. The Morgan fingerprint density at radius 3 is 2.87 bits per heavy atom. The van der Waals surface area contributed by atoms with Gasteiger partial charge in [0.25, 0.3) is 0 Å². The van der Waals surface area contributed by atoms with Crippen LogP contribution in [0.1, 0.15) is 23.1 Å². The molecule has 0 fully saturated rings. The quantitative estimate of drug-likeness (QED) is 0.799. The average molecular weight is 202 g/mol. The van der Waals surface area contributed by atoms with Gasteiger partial charge in [-0.2, -0.15) is 0 Å². The maximum absolute atomic E-state index is 9.89. The number of rotatable bonds is 3. The normalized spacial score (nSPS) is 12.7. The monoisotopic (exact) mass is 202 g/mol. The summed E-state index contributed by atoms with van der Waals surface area (Å²) >= 11 is 0. The number of nitrogens with one attached hydrogen (secondary N) is 1. The molecule has 0 aliphatic carbocycles. The van der Waals surface area contributed by atoms with Crippen molar-refractivity contribution in [1.82, 2.24) is 9.97 Å². The maximum Gasteiger partial charge on any atom is 0.135 e. The zero-order chi connectivity index (χ0) is 10.7. The summed E-state index contributed by atoms with van der Waals surface area (Å²) in [5.41, 5.74) is 2.35. The summed E-state index contributed by atoms with van der Waals surface area (Å²) in [7, 11) is 0. The molecule has 0 aliphatic rings. The molecule has 2 rings (SSSR count). The summed E-state index contributed by atoms with van der Waals surface area (Å²) in [6.07, 6.45) is 3.41. The summed E-state index contributed by atoms with van der Waals surface area (Å²) in [5, 5.41) is 9.89. The molecular weight excluding hydrogens is 188 g/mol. The number of hydrogen-bond donors (Lipinski definition) is 2. The van der Waals surface area contributed by atoms with Crippen LogP contribution >= 0.6 is 0 Å². The van der Waals surface area contributed by atoms with Crippen LogP contribution in [0.4, 0.5) is 0 Å². The van der Waals surface area contributed by atoms with Crippen LogP contribution in [0.3, 0.4) is 0 Å². The van der Waals surface area contributed by atoms with Crippen LogP contribution in [0.25, 0.3) is 0 Å². The zero-order valence-corrected chi connectivity index (χ0v) is 8.64. The van der Waals surface area contributed by atoms with Gasteiger partial charge >= 0.3 is 0 Å². The second-order valence-corrected chi connectivity index (χ2v) is 3.62. The maximum atomic E-state index is 9.89. The number of H-pyrrole nitrogens is 1. The Labute approximate surface area is 88.8 Å². The van der Waals surface area contributed by atoms with Gasteiger partial charge in [0.2, 0.25) is 0 Å². The van der Waals surface area contributed by atoms with Crippen molar-refractivity contribution in [1.29, 1.82) is 0 Å². The second kappa shape index (κ2) is 4.28. The van der Waals surface area contributed by atoms with E-state index in [1.807, 2.05) is 31.2 Å². The number of aliphatic hydroxyl groups is 1. The highest BCUT2D eigenvalue weighted by Crippen LogP contribution is 2.17. The third-order valence-corrected chi connectivity index (χ3v) is 2.51. The van der Waals surface area contributed by atoms with Gasteiger partial charge < -0.3 is 10.1 Å². The van der Waals surface area contributed by atoms with Gasteiger partial charge in [-0.05, 0) is 18.1 Å². The molecule has 0 aliphatic heterocycles. The topological polar surface area (TPSA) is 48.9 Å². The molecule has 0 bridgehead atoms. The van der Waals surface area contributed by atoms with E-state index in [0.29, 0.717) is 12.2 Å². The van der Waals surface area contributed by atoms with E-state index in [2.05, 4.69) is 9.97 Å². The molecular formula is C12H14N2O.